The Kier molecular flexibility index (Phi) is 3.67. The largest absolute Gasteiger partial charge is 0.417 e. The van der Waals surface area contributed by atoms with Crippen molar-refractivity contribution in [3.63, 3.8) is 0 Å². The standard InChI is InChI=1S/C14H18N2O2/c1-9-5-6-10(2)13(11(9)3)18-14-16-12(7-15-4)8-17-14/h5-6,8,15H,7H2,1-4H3. The molecule has 0 aliphatic rings. The van der Waals surface area contributed by atoms with Crippen molar-refractivity contribution in [2.75, 3.05) is 7.05 Å². The average Bonchev–Trinajstić information content (AvgIpc) is 2.78. The Morgan fingerprint density at radius 1 is 1.22 bits per heavy atom. The van der Waals surface area contributed by atoms with Crippen molar-refractivity contribution in [1.82, 2.24) is 10.3 Å². The van der Waals surface area contributed by atoms with Crippen molar-refractivity contribution in [2.24, 2.45) is 0 Å². The fraction of sp³-hybridized carbons (Fsp3) is 0.357. The molecule has 96 valence electrons. The first kappa shape index (κ1) is 12.6. The van der Waals surface area contributed by atoms with E-state index >= 15 is 0 Å². The third-order valence-corrected chi connectivity index (χ3v) is 2.95. The summed E-state index contributed by atoms with van der Waals surface area (Å²) in [7, 11) is 1.87. The molecule has 0 atom stereocenters. The number of hydrogen-bond acceptors (Lipinski definition) is 4. The summed E-state index contributed by atoms with van der Waals surface area (Å²) >= 11 is 0. The Balaban J connectivity index is 2.25. The maximum Gasteiger partial charge on any atom is 0.399 e. The summed E-state index contributed by atoms with van der Waals surface area (Å²) < 4.78 is 11.0. The van der Waals surface area contributed by atoms with Crippen LogP contribution in [0.15, 0.2) is 22.8 Å². The van der Waals surface area contributed by atoms with Crippen molar-refractivity contribution in [3.05, 3.63) is 40.8 Å². The Hall–Kier alpha value is -1.81. The Morgan fingerprint density at radius 3 is 2.67 bits per heavy atom. The van der Waals surface area contributed by atoms with Crippen LogP contribution in [0.5, 0.6) is 11.8 Å². The highest BCUT2D eigenvalue weighted by atomic mass is 16.6. The zero-order valence-electron chi connectivity index (χ0n) is 11.2. The molecular formula is C14H18N2O2. The average molecular weight is 246 g/mol. The summed E-state index contributed by atoms with van der Waals surface area (Å²) in [6.07, 6.45) is 1.89. The maximum atomic E-state index is 5.74. The summed E-state index contributed by atoms with van der Waals surface area (Å²) in [5, 5.41) is 3.02. The Labute approximate surface area is 107 Å². The molecular weight excluding hydrogens is 228 g/mol. The van der Waals surface area contributed by atoms with Gasteiger partial charge in [0.15, 0.2) is 0 Å². The molecule has 0 bridgehead atoms. The van der Waals surface area contributed by atoms with E-state index in [2.05, 4.69) is 23.3 Å². The van der Waals surface area contributed by atoms with Gasteiger partial charge in [-0.25, -0.2) is 0 Å². The Bertz CT molecular complexity index is 547. The number of nitrogens with zero attached hydrogens (tertiary/aromatic N) is 1. The van der Waals surface area contributed by atoms with Crippen LogP contribution in [-0.4, -0.2) is 12.0 Å². The highest BCUT2D eigenvalue weighted by molar-refractivity contribution is 5.45. The van der Waals surface area contributed by atoms with E-state index in [0.717, 1.165) is 22.6 Å². The monoisotopic (exact) mass is 246 g/mol. The first-order valence-electron chi connectivity index (χ1n) is 5.95. The number of hydrogen-bond donors (Lipinski definition) is 1. The summed E-state index contributed by atoms with van der Waals surface area (Å²) in [5.41, 5.74) is 4.21. The molecule has 0 saturated carbocycles. The van der Waals surface area contributed by atoms with Crippen molar-refractivity contribution in [2.45, 2.75) is 27.3 Å². The molecule has 1 aromatic carbocycles. The smallest absolute Gasteiger partial charge is 0.399 e. The lowest BCUT2D eigenvalue weighted by atomic mass is 10.1. The molecule has 0 amide bonds. The number of aryl methyl sites for hydroxylation is 2. The van der Waals surface area contributed by atoms with Gasteiger partial charge < -0.3 is 14.5 Å². The molecule has 4 heteroatoms. The summed E-state index contributed by atoms with van der Waals surface area (Å²) in [6.45, 7) is 6.77. The van der Waals surface area contributed by atoms with E-state index in [1.807, 2.05) is 27.0 Å². The molecule has 0 aliphatic heterocycles. The molecule has 0 aliphatic carbocycles. The molecule has 0 spiro atoms. The van der Waals surface area contributed by atoms with Gasteiger partial charge in [-0.15, -0.1) is 0 Å². The van der Waals surface area contributed by atoms with Gasteiger partial charge in [0, 0.05) is 6.54 Å². The minimum atomic E-state index is 0.289. The van der Waals surface area contributed by atoms with Crippen molar-refractivity contribution >= 4 is 0 Å². The maximum absolute atomic E-state index is 5.74. The molecule has 0 fully saturated rings. The number of rotatable bonds is 4. The van der Waals surface area contributed by atoms with Gasteiger partial charge in [-0.2, -0.15) is 4.98 Å². The number of oxazole rings is 1. The fourth-order valence-electron chi connectivity index (χ4n) is 1.77. The predicted molar refractivity (Wildman–Crippen MR) is 70.0 cm³/mol. The first-order valence-corrected chi connectivity index (χ1v) is 5.95. The van der Waals surface area contributed by atoms with Gasteiger partial charge in [-0.3, -0.25) is 0 Å². The molecule has 4 nitrogen and oxygen atoms in total. The number of ether oxygens (including phenoxy) is 1. The lowest BCUT2D eigenvalue weighted by molar-refractivity contribution is 0.327. The van der Waals surface area contributed by atoms with Crippen LogP contribution in [-0.2, 0) is 6.54 Å². The summed E-state index contributed by atoms with van der Waals surface area (Å²) in [4.78, 5) is 4.26. The number of benzene rings is 1. The second kappa shape index (κ2) is 5.23. The molecule has 0 saturated heterocycles. The van der Waals surface area contributed by atoms with Crippen molar-refractivity contribution < 1.29 is 9.15 Å². The minimum Gasteiger partial charge on any atom is -0.417 e. The molecule has 0 radical (unpaired) electrons. The van der Waals surface area contributed by atoms with Crippen LogP contribution in [0.3, 0.4) is 0 Å². The van der Waals surface area contributed by atoms with Gasteiger partial charge in [0.05, 0.1) is 5.69 Å². The summed E-state index contributed by atoms with van der Waals surface area (Å²) in [5.74, 6) is 0.827. The van der Waals surface area contributed by atoms with Crippen LogP contribution in [0.25, 0.3) is 0 Å². The topological polar surface area (TPSA) is 47.3 Å². The van der Waals surface area contributed by atoms with Crippen LogP contribution >= 0.6 is 0 Å². The SMILES string of the molecule is CNCc1coc(Oc2c(C)ccc(C)c2C)n1. The van der Waals surface area contributed by atoms with E-state index in [4.69, 9.17) is 9.15 Å². The van der Waals surface area contributed by atoms with Gasteiger partial charge in [0.2, 0.25) is 0 Å². The fourth-order valence-corrected chi connectivity index (χ4v) is 1.77. The second-order valence-electron chi connectivity index (χ2n) is 4.39. The van der Waals surface area contributed by atoms with Crippen molar-refractivity contribution in [3.8, 4) is 11.8 Å². The quantitative estimate of drug-likeness (QED) is 0.900. The lowest BCUT2D eigenvalue weighted by Crippen LogP contribution is -2.05. The molecule has 2 rings (SSSR count). The molecule has 1 heterocycles. The third kappa shape index (κ3) is 2.54. The lowest BCUT2D eigenvalue weighted by Gasteiger charge is -2.10. The van der Waals surface area contributed by atoms with Crippen LogP contribution < -0.4 is 10.1 Å². The van der Waals surface area contributed by atoms with Gasteiger partial charge in [0.25, 0.3) is 0 Å². The van der Waals surface area contributed by atoms with Crippen LogP contribution in [0, 0.1) is 20.8 Å². The Morgan fingerprint density at radius 2 is 1.94 bits per heavy atom. The van der Waals surface area contributed by atoms with Gasteiger partial charge in [-0.1, -0.05) is 12.1 Å². The van der Waals surface area contributed by atoms with Gasteiger partial charge >= 0.3 is 6.08 Å². The molecule has 1 aromatic heterocycles. The molecule has 1 N–H and O–H groups in total. The summed E-state index contributed by atoms with van der Waals surface area (Å²) in [6, 6.07) is 4.12. The van der Waals surface area contributed by atoms with Gasteiger partial charge in [0.1, 0.15) is 12.0 Å². The normalized spacial score (nSPS) is 10.7. The van der Waals surface area contributed by atoms with Crippen LogP contribution in [0.4, 0.5) is 0 Å². The highest BCUT2D eigenvalue weighted by Crippen LogP contribution is 2.30. The zero-order valence-corrected chi connectivity index (χ0v) is 11.2. The van der Waals surface area contributed by atoms with E-state index in [0.29, 0.717) is 6.54 Å². The predicted octanol–water partition coefficient (Wildman–Crippen LogP) is 3.11. The van der Waals surface area contributed by atoms with Crippen LogP contribution in [0.1, 0.15) is 22.4 Å². The van der Waals surface area contributed by atoms with E-state index in [-0.39, 0.29) is 6.08 Å². The van der Waals surface area contributed by atoms with Gasteiger partial charge in [-0.05, 0) is 44.5 Å². The third-order valence-electron chi connectivity index (χ3n) is 2.95. The first-order chi connectivity index (χ1) is 8.61. The molecule has 2 aromatic rings. The minimum absolute atomic E-state index is 0.289. The molecule has 0 unspecified atom stereocenters. The van der Waals surface area contributed by atoms with Crippen molar-refractivity contribution in [1.29, 1.82) is 0 Å². The van der Waals surface area contributed by atoms with E-state index in [1.165, 1.54) is 5.56 Å². The second-order valence-corrected chi connectivity index (χ2v) is 4.39. The van der Waals surface area contributed by atoms with E-state index in [1.54, 1.807) is 6.26 Å². The highest BCUT2D eigenvalue weighted by Gasteiger charge is 2.11. The number of aromatic nitrogens is 1. The zero-order chi connectivity index (χ0) is 13.1. The van der Waals surface area contributed by atoms with E-state index in [9.17, 15) is 0 Å². The van der Waals surface area contributed by atoms with Crippen LogP contribution in [0.2, 0.25) is 0 Å². The number of nitrogens with one attached hydrogen (secondary N) is 1. The van der Waals surface area contributed by atoms with E-state index < -0.39 is 0 Å². The molecule has 18 heavy (non-hydrogen) atoms.